The summed E-state index contributed by atoms with van der Waals surface area (Å²) in [6.45, 7) is 7.54. The van der Waals surface area contributed by atoms with Gasteiger partial charge in [0.15, 0.2) is 0 Å². The van der Waals surface area contributed by atoms with Crippen LogP contribution in [-0.4, -0.2) is 59.7 Å². The van der Waals surface area contributed by atoms with Crippen molar-refractivity contribution in [2.24, 2.45) is 5.92 Å². The fourth-order valence-corrected chi connectivity index (χ4v) is 4.18. The van der Waals surface area contributed by atoms with Crippen molar-refractivity contribution in [1.82, 2.24) is 20.1 Å². The van der Waals surface area contributed by atoms with Crippen molar-refractivity contribution in [1.29, 1.82) is 0 Å². The Morgan fingerprint density at radius 3 is 2.33 bits per heavy atom. The van der Waals surface area contributed by atoms with Gasteiger partial charge in [-0.15, -0.1) is 0 Å². The summed E-state index contributed by atoms with van der Waals surface area (Å²) in [5, 5.41) is 5.38. The molecule has 1 aromatic heterocycles. The summed E-state index contributed by atoms with van der Waals surface area (Å²) in [6, 6.07) is 10.7. The van der Waals surface area contributed by atoms with Crippen LogP contribution in [0.4, 0.5) is 4.79 Å². The molecule has 0 radical (unpaired) electrons. The molecular formula is C27H36N4O5. The third-order valence-electron chi connectivity index (χ3n) is 6.12. The van der Waals surface area contributed by atoms with E-state index in [0.29, 0.717) is 25.6 Å². The number of carbonyl (C=O) groups is 3. The number of ether oxygens (including phenoxy) is 1. The Morgan fingerprint density at radius 2 is 1.72 bits per heavy atom. The van der Waals surface area contributed by atoms with Crippen molar-refractivity contribution >= 4 is 17.9 Å². The van der Waals surface area contributed by atoms with Gasteiger partial charge in [-0.25, -0.2) is 4.79 Å². The Morgan fingerprint density at radius 1 is 1.06 bits per heavy atom. The predicted octanol–water partition coefficient (Wildman–Crippen LogP) is 3.02. The number of aromatic nitrogens is 1. The second-order valence-electron chi connectivity index (χ2n) is 10.1. The minimum atomic E-state index is -0.534. The molecule has 0 atom stereocenters. The second kappa shape index (κ2) is 11.9. The molecule has 1 aromatic carbocycles. The van der Waals surface area contributed by atoms with E-state index in [1.54, 1.807) is 4.90 Å². The lowest BCUT2D eigenvalue weighted by atomic mass is 9.94. The summed E-state index contributed by atoms with van der Waals surface area (Å²) in [5.41, 5.74) is 0.100. The third kappa shape index (κ3) is 7.44. The number of hydrogen-bond acceptors (Lipinski definition) is 5. The average molecular weight is 497 g/mol. The first-order chi connectivity index (χ1) is 17.1. The Balaban J connectivity index is 1.59. The van der Waals surface area contributed by atoms with Gasteiger partial charge in [-0.1, -0.05) is 30.3 Å². The van der Waals surface area contributed by atoms with Crippen LogP contribution in [0.25, 0.3) is 0 Å². The normalized spacial score (nSPS) is 14.3. The Labute approximate surface area is 211 Å². The molecule has 0 unspecified atom stereocenters. The van der Waals surface area contributed by atoms with Crippen LogP contribution in [0.15, 0.2) is 47.4 Å². The van der Waals surface area contributed by atoms with Crippen LogP contribution in [-0.2, 0) is 11.3 Å². The smallest absolute Gasteiger partial charge is 0.410 e. The Kier molecular flexibility index (Phi) is 8.90. The fourth-order valence-electron chi connectivity index (χ4n) is 4.18. The van der Waals surface area contributed by atoms with Crippen LogP contribution in [0.1, 0.15) is 66.3 Å². The molecule has 2 N–H and O–H groups in total. The number of pyridine rings is 1. The van der Waals surface area contributed by atoms with Crippen molar-refractivity contribution in [2.45, 2.75) is 52.2 Å². The number of nitrogens with zero attached hydrogens (tertiary/aromatic N) is 2. The predicted molar refractivity (Wildman–Crippen MR) is 137 cm³/mol. The zero-order valence-corrected chi connectivity index (χ0v) is 21.5. The number of carbonyl (C=O) groups excluding carboxylic acids is 3. The number of benzene rings is 1. The first kappa shape index (κ1) is 27.0. The lowest BCUT2D eigenvalue weighted by Gasteiger charge is -2.33. The number of rotatable bonds is 7. The SMILES string of the molecule is CNC(=O)c1cc(C(=O)NCCC2CCN(C(=O)OC(C)(C)C)CC2)cn(Cc2ccccc2)c1=O. The van der Waals surface area contributed by atoms with Crippen molar-refractivity contribution in [3.63, 3.8) is 0 Å². The minimum absolute atomic E-state index is 0.0735. The van der Waals surface area contributed by atoms with Crippen LogP contribution in [0.3, 0.4) is 0 Å². The molecule has 3 amide bonds. The van der Waals surface area contributed by atoms with Crippen molar-refractivity contribution < 1.29 is 19.1 Å². The highest BCUT2D eigenvalue weighted by Crippen LogP contribution is 2.22. The van der Waals surface area contributed by atoms with Crippen LogP contribution in [0, 0.1) is 5.92 Å². The lowest BCUT2D eigenvalue weighted by molar-refractivity contribution is 0.0181. The highest BCUT2D eigenvalue weighted by Gasteiger charge is 2.27. The summed E-state index contributed by atoms with van der Waals surface area (Å²) in [6.07, 6.45) is 3.68. The first-order valence-corrected chi connectivity index (χ1v) is 12.3. The van der Waals surface area contributed by atoms with E-state index in [4.69, 9.17) is 4.74 Å². The largest absolute Gasteiger partial charge is 0.444 e. The number of amides is 3. The molecule has 0 bridgehead atoms. The maximum atomic E-state index is 12.9. The minimum Gasteiger partial charge on any atom is -0.444 e. The van der Waals surface area contributed by atoms with E-state index in [2.05, 4.69) is 10.6 Å². The molecule has 0 spiro atoms. The molecule has 1 aliphatic heterocycles. The van der Waals surface area contributed by atoms with Crippen LogP contribution >= 0.6 is 0 Å². The Hall–Kier alpha value is -3.62. The van der Waals surface area contributed by atoms with Crippen molar-refractivity contribution in [3.8, 4) is 0 Å². The number of likely N-dealkylation sites (tertiary alicyclic amines) is 1. The highest BCUT2D eigenvalue weighted by molar-refractivity contribution is 5.99. The maximum absolute atomic E-state index is 12.9. The zero-order chi connectivity index (χ0) is 26.3. The molecule has 1 fully saturated rings. The van der Waals surface area contributed by atoms with Crippen LogP contribution in [0.5, 0.6) is 0 Å². The molecule has 2 heterocycles. The number of hydrogen-bond donors (Lipinski definition) is 2. The van der Waals surface area contributed by atoms with E-state index in [-0.39, 0.29) is 29.7 Å². The zero-order valence-electron chi connectivity index (χ0n) is 21.5. The van der Waals surface area contributed by atoms with Gasteiger partial charge in [-0.3, -0.25) is 14.4 Å². The van der Waals surface area contributed by atoms with Gasteiger partial charge >= 0.3 is 6.09 Å². The lowest BCUT2D eigenvalue weighted by Crippen LogP contribution is -2.42. The van der Waals surface area contributed by atoms with Gasteiger partial charge in [0, 0.05) is 32.9 Å². The fraction of sp³-hybridized carbons (Fsp3) is 0.481. The monoisotopic (exact) mass is 496 g/mol. The molecule has 2 aromatic rings. The number of nitrogens with one attached hydrogen (secondary N) is 2. The quantitative estimate of drug-likeness (QED) is 0.612. The topological polar surface area (TPSA) is 110 Å². The van der Waals surface area contributed by atoms with E-state index >= 15 is 0 Å². The molecule has 1 saturated heterocycles. The van der Waals surface area contributed by atoms with Gasteiger partial charge < -0.3 is 24.8 Å². The van der Waals surface area contributed by atoms with Crippen LogP contribution in [0.2, 0.25) is 0 Å². The van der Waals surface area contributed by atoms with Crippen molar-refractivity contribution in [3.05, 3.63) is 69.6 Å². The second-order valence-corrected chi connectivity index (χ2v) is 10.1. The standard InChI is InChI=1S/C27H36N4O5/c1-27(2,3)36-26(35)30-14-11-19(12-15-30)10-13-29-23(32)21-16-22(24(33)28-4)25(34)31(18-21)17-20-8-6-5-7-9-20/h5-9,16,18-19H,10-15,17H2,1-4H3,(H,28,33)(H,29,32). The summed E-state index contributed by atoms with van der Waals surface area (Å²) in [4.78, 5) is 52.0. The molecule has 0 saturated carbocycles. The van der Waals surface area contributed by atoms with Gasteiger partial charge in [0.25, 0.3) is 17.4 Å². The van der Waals surface area contributed by atoms with Gasteiger partial charge in [-0.2, -0.15) is 0 Å². The molecule has 9 heteroatoms. The molecule has 9 nitrogen and oxygen atoms in total. The highest BCUT2D eigenvalue weighted by atomic mass is 16.6. The van der Waals surface area contributed by atoms with E-state index in [9.17, 15) is 19.2 Å². The molecular weight excluding hydrogens is 460 g/mol. The van der Waals surface area contributed by atoms with Crippen LogP contribution < -0.4 is 16.2 Å². The molecule has 194 valence electrons. The maximum Gasteiger partial charge on any atom is 0.410 e. The van der Waals surface area contributed by atoms with E-state index in [1.807, 2.05) is 51.1 Å². The van der Waals surface area contributed by atoms with E-state index < -0.39 is 17.1 Å². The Bertz CT molecular complexity index is 1130. The third-order valence-corrected chi connectivity index (χ3v) is 6.12. The van der Waals surface area contributed by atoms with Crippen molar-refractivity contribution in [2.75, 3.05) is 26.7 Å². The summed E-state index contributed by atoms with van der Waals surface area (Å²) in [7, 11) is 1.45. The molecule has 36 heavy (non-hydrogen) atoms. The summed E-state index contributed by atoms with van der Waals surface area (Å²) in [5.74, 6) is -0.487. The number of piperidine rings is 1. The molecule has 0 aliphatic carbocycles. The average Bonchev–Trinajstić information content (AvgIpc) is 2.84. The van der Waals surface area contributed by atoms with Gasteiger partial charge in [0.1, 0.15) is 11.2 Å². The van der Waals surface area contributed by atoms with E-state index in [1.165, 1.54) is 23.9 Å². The summed E-state index contributed by atoms with van der Waals surface area (Å²) < 4.78 is 6.83. The van der Waals surface area contributed by atoms with Gasteiger partial charge in [0.2, 0.25) is 0 Å². The van der Waals surface area contributed by atoms with Gasteiger partial charge in [0.05, 0.1) is 12.1 Å². The van der Waals surface area contributed by atoms with Gasteiger partial charge in [-0.05, 0) is 57.6 Å². The summed E-state index contributed by atoms with van der Waals surface area (Å²) >= 11 is 0. The molecule has 1 aliphatic rings. The van der Waals surface area contributed by atoms with E-state index in [0.717, 1.165) is 24.8 Å². The first-order valence-electron chi connectivity index (χ1n) is 12.3. The molecule has 3 rings (SSSR count).